The maximum atomic E-state index is 11.7. The van der Waals surface area contributed by atoms with Gasteiger partial charge >= 0.3 is 5.97 Å². The highest BCUT2D eigenvalue weighted by molar-refractivity contribution is 7.89. The van der Waals surface area contributed by atoms with E-state index in [0.29, 0.717) is 0 Å². The highest BCUT2D eigenvalue weighted by Gasteiger charge is 2.19. The lowest BCUT2D eigenvalue weighted by molar-refractivity contribution is -0.140. The third-order valence-electron chi connectivity index (χ3n) is 2.60. The molecule has 17 heavy (non-hydrogen) atoms. The summed E-state index contributed by atoms with van der Waals surface area (Å²) < 4.78 is 30.5. The van der Waals surface area contributed by atoms with Crippen LogP contribution in [-0.4, -0.2) is 33.3 Å². The summed E-state index contributed by atoms with van der Waals surface area (Å²) in [5.74, 6) is -0.155. The molecule has 0 aromatic heterocycles. The quantitative estimate of drug-likeness (QED) is 0.671. The lowest BCUT2D eigenvalue weighted by atomic mass is 10.0. The molecule has 1 unspecified atom stereocenters. The highest BCUT2D eigenvalue weighted by Crippen LogP contribution is 2.08. The van der Waals surface area contributed by atoms with E-state index < -0.39 is 10.0 Å². The summed E-state index contributed by atoms with van der Waals surface area (Å²) in [5, 5.41) is 0. The Hall–Kier alpha value is -0.620. The molecule has 0 aromatic carbocycles. The van der Waals surface area contributed by atoms with Gasteiger partial charge in [-0.1, -0.05) is 20.8 Å². The van der Waals surface area contributed by atoms with E-state index in [2.05, 4.69) is 9.46 Å². The van der Waals surface area contributed by atoms with E-state index in [9.17, 15) is 13.2 Å². The van der Waals surface area contributed by atoms with Gasteiger partial charge in [-0.2, -0.15) is 0 Å². The standard InChI is InChI=1S/C11H23NO4S/c1-5-10(9(2)3)12-17(14,15)8-6-7-11(13)16-4/h9-10,12H,5-8H2,1-4H3. The van der Waals surface area contributed by atoms with E-state index in [1.807, 2.05) is 20.8 Å². The largest absolute Gasteiger partial charge is 0.469 e. The molecule has 0 saturated carbocycles. The maximum absolute atomic E-state index is 11.7. The van der Waals surface area contributed by atoms with Gasteiger partial charge in [-0.25, -0.2) is 13.1 Å². The molecule has 0 aliphatic rings. The summed E-state index contributed by atoms with van der Waals surface area (Å²) in [7, 11) is -2.01. The average molecular weight is 265 g/mol. The number of esters is 1. The molecule has 0 spiro atoms. The zero-order chi connectivity index (χ0) is 13.5. The summed E-state index contributed by atoms with van der Waals surface area (Å²) >= 11 is 0. The van der Waals surface area contributed by atoms with Gasteiger partial charge in [0.15, 0.2) is 0 Å². The van der Waals surface area contributed by atoms with Crippen molar-refractivity contribution in [2.75, 3.05) is 12.9 Å². The summed E-state index contributed by atoms with van der Waals surface area (Å²) in [6.45, 7) is 5.90. The van der Waals surface area contributed by atoms with Crippen LogP contribution < -0.4 is 4.72 Å². The van der Waals surface area contributed by atoms with Crippen LogP contribution in [0.2, 0.25) is 0 Å². The predicted octanol–water partition coefficient (Wildman–Crippen LogP) is 1.29. The molecule has 102 valence electrons. The molecular weight excluding hydrogens is 242 g/mol. The lowest BCUT2D eigenvalue weighted by Gasteiger charge is -2.20. The van der Waals surface area contributed by atoms with Crippen LogP contribution in [0, 0.1) is 5.92 Å². The van der Waals surface area contributed by atoms with Crippen molar-refractivity contribution in [1.29, 1.82) is 0 Å². The van der Waals surface area contributed by atoms with Gasteiger partial charge in [-0.05, 0) is 18.8 Å². The minimum absolute atomic E-state index is 0.0364. The molecule has 1 atom stereocenters. The molecule has 0 aliphatic heterocycles. The average Bonchev–Trinajstić information content (AvgIpc) is 2.25. The highest BCUT2D eigenvalue weighted by atomic mass is 32.2. The van der Waals surface area contributed by atoms with Crippen LogP contribution >= 0.6 is 0 Å². The summed E-state index contributed by atoms with van der Waals surface area (Å²) in [5.41, 5.74) is 0. The Morgan fingerprint density at radius 2 is 1.94 bits per heavy atom. The van der Waals surface area contributed by atoms with Crippen molar-refractivity contribution in [2.24, 2.45) is 5.92 Å². The van der Waals surface area contributed by atoms with E-state index in [4.69, 9.17) is 0 Å². The molecule has 0 aromatic rings. The van der Waals surface area contributed by atoms with Crippen molar-refractivity contribution >= 4 is 16.0 Å². The van der Waals surface area contributed by atoms with Gasteiger partial charge in [0, 0.05) is 12.5 Å². The Labute approximate surface area is 104 Å². The van der Waals surface area contributed by atoms with Crippen molar-refractivity contribution in [3.63, 3.8) is 0 Å². The fourth-order valence-corrected chi connectivity index (χ4v) is 3.03. The van der Waals surface area contributed by atoms with Gasteiger partial charge in [-0.3, -0.25) is 4.79 Å². The normalized spacial score (nSPS) is 13.7. The maximum Gasteiger partial charge on any atom is 0.305 e. The second kappa shape index (κ2) is 7.66. The number of hydrogen-bond acceptors (Lipinski definition) is 4. The van der Waals surface area contributed by atoms with Crippen molar-refractivity contribution in [3.8, 4) is 0 Å². The predicted molar refractivity (Wildman–Crippen MR) is 67.1 cm³/mol. The zero-order valence-electron chi connectivity index (χ0n) is 11.0. The van der Waals surface area contributed by atoms with Crippen LogP contribution in [0.25, 0.3) is 0 Å². The van der Waals surface area contributed by atoms with Crippen LogP contribution in [0.1, 0.15) is 40.0 Å². The van der Waals surface area contributed by atoms with E-state index in [1.165, 1.54) is 7.11 Å². The van der Waals surface area contributed by atoms with Crippen molar-refractivity contribution < 1.29 is 17.9 Å². The van der Waals surface area contributed by atoms with E-state index in [0.717, 1.165) is 6.42 Å². The van der Waals surface area contributed by atoms with Crippen LogP contribution in [0.15, 0.2) is 0 Å². The zero-order valence-corrected chi connectivity index (χ0v) is 11.8. The number of methoxy groups -OCH3 is 1. The number of nitrogens with one attached hydrogen (secondary N) is 1. The van der Waals surface area contributed by atoms with Crippen LogP contribution in [0.5, 0.6) is 0 Å². The number of hydrogen-bond donors (Lipinski definition) is 1. The molecule has 0 aliphatic carbocycles. The second-order valence-corrected chi connectivity index (χ2v) is 6.25. The molecular formula is C11H23NO4S. The first kappa shape index (κ1) is 16.4. The minimum atomic E-state index is -3.30. The van der Waals surface area contributed by atoms with Gasteiger partial charge in [0.25, 0.3) is 0 Å². The Morgan fingerprint density at radius 1 is 1.35 bits per heavy atom. The van der Waals surface area contributed by atoms with Crippen molar-refractivity contribution in [3.05, 3.63) is 0 Å². The molecule has 0 saturated heterocycles. The van der Waals surface area contributed by atoms with Gasteiger partial charge in [0.2, 0.25) is 10.0 Å². The number of rotatable bonds is 8. The molecule has 0 amide bonds. The summed E-state index contributed by atoms with van der Waals surface area (Å²) in [4.78, 5) is 10.8. The third-order valence-corrected chi connectivity index (χ3v) is 4.09. The monoisotopic (exact) mass is 265 g/mol. The Balaban J connectivity index is 4.16. The van der Waals surface area contributed by atoms with Crippen LogP contribution in [0.3, 0.4) is 0 Å². The molecule has 0 fully saturated rings. The first-order valence-corrected chi connectivity index (χ1v) is 7.54. The Bertz CT molecular complexity index is 324. The number of sulfonamides is 1. The first-order valence-electron chi connectivity index (χ1n) is 5.89. The molecule has 0 bridgehead atoms. The SMILES string of the molecule is CCC(NS(=O)(=O)CCCC(=O)OC)C(C)C. The van der Waals surface area contributed by atoms with Crippen molar-refractivity contribution in [2.45, 2.75) is 46.1 Å². The van der Waals surface area contributed by atoms with Crippen molar-refractivity contribution in [1.82, 2.24) is 4.72 Å². The Kier molecular flexibility index (Phi) is 7.38. The number of carbonyl (C=O) groups is 1. The fourth-order valence-electron chi connectivity index (χ4n) is 1.49. The second-order valence-electron chi connectivity index (χ2n) is 4.38. The topological polar surface area (TPSA) is 72.5 Å². The van der Waals surface area contributed by atoms with E-state index in [1.54, 1.807) is 0 Å². The number of carbonyl (C=O) groups excluding carboxylic acids is 1. The molecule has 0 rings (SSSR count). The van der Waals surface area contributed by atoms with Crippen LogP contribution in [-0.2, 0) is 19.6 Å². The first-order chi connectivity index (χ1) is 7.82. The summed E-state index contributed by atoms with van der Waals surface area (Å²) in [6.07, 6.45) is 1.18. The smallest absolute Gasteiger partial charge is 0.305 e. The van der Waals surface area contributed by atoms with Gasteiger partial charge in [-0.15, -0.1) is 0 Å². The minimum Gasteiger partial charge on any atom is -0.469 e. The third kappa shape index (κ3) is 7.33. The van der Waals surface area contributed by atoms with E-state index >= 15 is 0 Å². The fraction of sp³-hybridized carbons (Fsp3) is 0.909. The molecule has 0 radical (unpaired) electrons. The lowest BCUT2D eigenvalue weighted by Crippen LogP contribution is -2.39. The van der Waals surface area contributed by atoms with Crippen LogP contribution in [0.4, 0.5) is 0 Å². The molecule has 6 heteroatoms. The summed E-state index contributed by atoms with van der Waals surface area (Å²) in [6, 6.07) is -0.0434. The molecule has 0 heterocycles. The van der Waals surface area contributed by atoms with Gasteiger partial charge < -0.3 is 4.74 Å². The molecule has 5 nitrogen and oxygen atoms in total. The Morgan fingerprint density at radius 3 is 2.35 bits per heavy atom. The van der Waals surface area contributed by atoms with E-state index in [-0.39, 0.29) is 36.5 Å². The molecule has 1 N–H and O–H groups in total. The number of ether oxygens (including phenoxy) is 1. The van der Waals surface area contributed by atoms with Gasteiger partial charge in [0.1, 0.15) is 0 Å². The van der Waals surface area contributed by atoms with Gasteiger partial charge in [0.05, 0.1) is 12.9 Å².